The zero-order valence-corrected chi connectivity index (χ0v) is 11.3. The van der Waals surface area contributed by atoms with Crippen molar-refractivity contribution < 1.29 is 19.4 Å². The highest BCUT2D eigenvalue weighted by Gasteiger charge is 2.39. The van der Waals surface area contributed by atoms with E-state index in [0.29, 0.717) is 23.7 Å². The molecule has 0 aromatic carbocycles. The Hall–Kier alpha value is -1.11. The number of nitrogens with one attached hydrogen (secondary N) is 1. The van der Waals surface area contributed by atoms with Gasteiger partial charge in [-0.2, -0.15) is 0 Å². The lowest BCUT2D eigenvalue weighted by Gasteiger charge is -2.25. The van der Waals surface area contributed by atoms with Gasteiger partial charge in [-0.15, -0.1) is 11.3 Å². The van der Waals surface area contributed by atoms with E-state index in [1.54, 1.807) is 18.6 Å². The molecule has 0 bridgehead atoms. The zero-order valence-electron chi connectivity index (χ0n) is 10.4. The van der Waals surface area contributed by atoms with E-state index in [0.717, 1.165) is 0 Å². The first-order valence-corrected chi connectivity index (χ1v) is 6.68. The predicted octanol–water partition coefficient (Wildman–Crippen LogP) is 1.03. The van der Waals surface area contributed by atoms with Crippen LogP contribution in [0, 0.1) is 0 Å². The highest BCUT2D eigenvalue weighted by atomic mass is 32.1. The first-order chi connectivity index (χ1) is 8.55. The summed E-state index contributed by atoms with van der Waals surface area (Å²) in [6, 6.07) is 1.68. The van der Waals surface area contributed by atoms with Gasteiger partial charge in [0.15, 0.2) is 0 Å². The van der Waals surface area contributed by atoms with Gasteiger partial charge in [0.05, 0.1) is 18.1 Å². The van der Waals surface area contributed by atoms with Crippen LogP contribution in [0.3, 0.4) is 0 Å². The van der Waals surface area contributed by atoms with Gasteiger partial charge < -0.3 is 19.9 Å². The molecule has 1 aliphatic heterocycles. The molecular formula is C12H17NO4S. The summed E-state index contributed by atoms with van der Waals surface area (Å²) in [5.74, 6) is 0.470. The summed E-state index contributed by atoms with van der Waals surface area (Å²) in [6.07, 6.45) is 0.290. The number of carbonyl (C=O) groups excluding carboxylic acids is 1. The van der Waals surface area contributed by atoms with Crippen molar-refractivity contribution in [2.24, 2.45) is 0 Å². The molecule has 18 heavy (non-hydrogen) atoms. The van der Waals surface area contributed by atoms with Crippen LogP contribution in [0.4, 0.5) is 0 Å². The molecule has 2 unspecified atom stereocenters. The molecule has 0 saturated carbocycles. The van der Waals surface area contributed by atoms with E-state index in [4.69, 9.17) is 9.47 Å². The lowest BCUT2D eigenvalue weighted by molar-refractivity contribution is -0.0251. The van der Waals surface area contributed by atoms with Crippen LogP contribution < -0.4 is 10.1 Å². The van der Waals surface area contributed by atoms with Gasteiger partial charge >= 0.3 is 0 Å². The summed E-state index contributed by atoms with van der Waals surface area (Å²) >= 11 is 1.31. The Bertz CT molecular complexity index is 433. The molecule has 0 spiro atoms. The summed E-state index contributed by atoms with van der Waals surface area (Å²) in [7, 11) is 1.56. The van der Waals surface area contributed by atoms with Crippen LogP contribution in [0.15, 0.2) is 11.4 Å². The van der Waals surface area contributed by atoms with Gasteiger partial charge in [-0.25, -0.2) is 0 Å². The Kier molecular flexibility index (Phi) is 3.89. The molecule has 6 heteroatoms. The topological polar surface area (TPSA) is 67.8 Å². The lowest BCUT2D eigenvalue weighted by Crippen LogP contribution is -2.47. The van der Waals surface area contributed by atoms with Crippen molar-refractivity contribution >= 4 is 17.2 Å². The molecule has 1 aliphatic rings. The maximum atomic E-state index is 11.9. The van der Waals surface area contributed by atoms with E-state index < -0.39 is 5.60 Å². The maximum Gasteiger partial charge on any atom is 0.261 e. The summed E-state index contributed by atoms with van der Waals surface area (Å²) in [5, 5.41) is 14.7. The van der Waals surface area contributed by atoms with Crippen LogP contribution in [0.5, 0.6) is 5.75 Å². The Morgan fingerprint density at radius 3 is 3.11 bits per heavy atom. The second kappa shape index (κ2) is 5.26. The van der Waals surface area contributed by atoms with Gasteiger partial charge in [0, 0.05) is 31.0 Å². The third-order valence-electron chi connectivity index (χ3n) is 3.25. The summed E-state index contributed by atoms with van der Waals surface area (Å²) in [5.41, 5.74) is -0.961. The van der Waals surface area contributed by atoms with Crippen LogP contribution in [-0.2, 0) is 4.74 Å². The molecule has 2 rings (SSSR count). The number of amides is 1. The molecule has 0 aliphatic carbocycles. The number of carbonyl (C=O) groups is 1. The third kappa shape index (κ3) is 2.66. The fourth-order valence-electron chi connectivity index (χ4n) is 1.87. The van der Waals surface area contributed by atoms with Crippen LogP contribution >= 0.6 is 11.3 Å². The SMILES string of the molecule is COc1csc(C(=O)NCC2(O)CCOC2C)c1. The average Bonchev–Trinajstić information content (AvgIpc) is 2.95. The van der Waals surface area contributed by atoms with Crippen molar-refractivity contribution in [2.45, 2.75) is 25.0 Å². The van der Waals surface area contributed by atoms with Gasteiger partial charge in [-0.05, 0) is 6.92 Å². The minimum absolute atomic E-state index is 0.198. The third-order valence-corrected chi connectivity index (χ3v) is 4.16. The highest BCUT2D eigenvalue weighted by molar-refractivity contribution is 7.12. The molecule has 1 aromatic rings. The lowest BCUT2D eigenvalue weighted by atomic mass is 9.97. The van der Waals surface area contributed by atoms with E-state index >= 15 is 0 Å². The number of ether oxygens (including phenoxy) is 2. The van der Waals surface area contributed by atoms with Crippen molar-refractivity contribution in [1.82, 2.24) is 5.32 Å². The van der Waals surface area contributed by atoms with E-state index in [1.165, 1.54) is 11.3 Å². The summed E-state index contributed by atoms with van der Waals surface area (Å²) in [6.45, 7) is 2.54. The monoisotopic (exact) mass is 271 g/mol. The summed E-state index contributed by atoms with van der Waals surface area (Å²) < 4.78 is 10.3. The normalized spacial score (nSPS) is 27.2. The summed E-state index contributed by atoms with van der Waals surface area (Å²) in [4.78, 5) is 12.4. The van der Waals surface area contributed by atoms with Gasteiger partial charge in [-0.3, -0.25) is 4.79 Å². The minimum atomic E-state index is -0.961. The molecule has 2 heterocycles. The van der Waals surface area contributed by atoms with E-state index in [-0.39, 0.29) is 18.6 Å². The molecule has 0 radical (unpaired) electrons. The maximum absolute atomic E-state index is 11.9. The van der Waals surface area contributed by atoms with E-state index in [2.05, 4.69) is 5.32 Å². The number of rotatable bonds is 4. The molecule has 100 valence electrons. The Morgan fingerprint density at radius 2 is 2.56 bits per heavy atom. The van der Waals surface area contributed by atoms with Crippen LogP contribution in [0.25, 0.3) is 0 Å². The fraction of sp³-hybridized carbons (Fsp3) is 0.583. The molecule has 1 saturated heterocycles. The minimum Gasteiger partial charge on any atom is -0.496 e. The fourth-order valence-corrected chi connectivity index (χ4v) is 2.64. The predicted molar refractivity (Wildman–Crippen MR) is 68.2 cm³/mol. The van der Waals surface area contributed by atoms with Crippen molar-refractivity contribution in [2.75, 3.05) is 20.3 Å². The standard InChI is InChI=1S/C12H17NO4S/c1-8-12(15,3-4-17-8)7-13-11(14)10-5-9(16-2)6-18-10/h5-6,8,15H,3-4,7H2,1-2H3,(H,13,14). The van der Waals surface area contributed by atoms with E-state index in [1.807, 2.05) is 6.92 Å². The number of methoxy groups -OCH3 is 1. The molecule has 1 fully saturated rings. The Morgan fingerprint density at radius 1 is 1.78 bits per heavy atom. The number of hydrogen-bond acceptors (Lipinski definition) is 5. The second-order valence-corrected chi connectivity index (χ2v) is 5.31. The van der Waals surface area contributed by atoms with Crippen LogP contribution in [0.2, 0.25) is 0 Å². The van der Waals surface area contributed by atoms with Crippen molar-refractivity contribution in [3.05, 3.63) is 16.3 Å². The molecule has 2 atom stereocenters. The molecule has 1 amide bonds. The smallest absolute Gasteiger partial charge is 0.261 e. The second-order valence-electron chi connectivity index (χ2n) is 4.40. The van der Waals surface area contributed by atoms with Gasteiger partial charge in [0.1, 0.15) is 11.4 Å². The van der Waals surface area contributed by atoms with Crippen LogP contribution in [0.1, 0.15) is 23.0 Å². The zero-order chi connectivity index (χ0) is 13.2. The molecule has 5 nitrogen and oxygen atoms in total. The number of thiophene rings is 1. The quantitative estimate of drug-likeness (QED) is 0.858. The Labute approximate surface area is 110 Å². The van der Waals surface area contributed by atoms with Gasteiger partial charge in [0.2, 0.25) is 0 Å². The number of hydrogen-bond donors (Lipinski definition) is 2. The van der Waals surface area contributed by atoms with E-state index in [9.17, 15) is 9.90 Å². The first-order valence-electron chi connectivity index (χ1n) is 5.80. The molecule has 2 N–H and O–H groups in total. The van der Waals surface area contributed by atoms with Gasteiger partial charge in [-0.1, -0.05) is 0 Å². The Balaban J connectivity index is 1.92. The average molecular weight is 271 g/mol. The van der Waals surface area contributed by atoms with Crippen molar-refractivity contribution in [1.29, 1.82) is 0 Å². The highest BCUT2D eigenvalue weighted by Crippen LogP contribution is 2.25. The van der Waals surface area contributed by atoms with Crippen molar-refractivity contribution in [3.63, 3.8) is 0 Å². The van der Waals surface area contributed by atoms with Crippen LogP contribution in [-0.4, -0.2) is 43.0 Å². The molecular weight excluding hydrogens is 254 g/mol. The first kappa shape index (κ1) is 13.3. The molecule has 1 aromatic heterocycles. The van der Waals surface area contributed by atoms with Crippen molar-refractivity contribution in [3.8, 4) is 5.75 Å². The number of aliphatic hydroxyl groups is 1. The van der Waals surface area contributed by atoms with Gasteiger partial charge in [0.25, 0.3) is 5.91 Å². The largest absolute Gasteiger partial charge is 0.496 e.